The standard InChI is InChI=1S/C21H25N3O5S/c1-3-28-11-12-29-18-6-4-5-16(14-18)20(26)22-21(30)24-23-19(25)13-15-7-9-17(27-2)10-8-15/h4-10,14H,3,11-13H2,1-2H3,(H,23,25)(H2,22,24,26,30). The number of nitrogens with one attached hydrogen (secondary N) is 3. The molecule has 0 aromatic heterocycles. The fraction of sp³-hybridized carbons (Fsp3) is 0.286. The average molecular weight is 432 g/mol. The molecule has 0 aliphatic carbocycles. The lowest BCUT2D eigenvalue weighted by Gasteiger charge is -2.12. The summed E-state index contributed by atoms with van der Waals surface area (Å²) < 4.78 is 15.8. The summed E-state index contributed by atoms with van der Waals surface area (Å²) in [5.74, 6) is 0.535. The van der Waals surface area contributed by atoms with Crippen molar-refractivity contribution in [2.24, 2.45) is 0 Å². The second kappa shape index (κ2) is 12.4. The van der Waals surface area contributed by atoms with Gasteiger partial charge in [-0.05, 0) is 55.0 Å². The van der Waals surface area contributed by atoms with E-state index >= 15 is 0 Å². The molecule has 0 spiro atoms. The molecule has 2 aromatic rings. The third-order valence-electron chi connectivity index (χ3n) is 3.86. The molecule has 0 bridgehead atoms. The second-order valence-electron chi connectivity index (χ2n) is 6.05. The van der Waals surface area contributed by atoms with Crippen LogP contribution in [0.15, 0.2) is 48.5 Å². The minimum Gasteiger partial charge on any atom is -0.497 e. The minimum atomic E-state index is -0.424. The van der Waals surface area contributed by atoms with Gasteiger partial charge >= 0.3 is 0 Å². The van der Waals surface area contributed by atoms with Crippen LogP contribution >= 0.6 is 12.2 Å². The van der Waals surface area contributed by atoms with E-state index in [1.165, 1.54) is 0 Å². The zero-order chi connectivity index (χ0) is 21.8. The number of rotatable bonds is 9. The van der Waals surface area contributed by atoms with Crippen molar-refractivity contribution in [3.63, 3.8) is 0 Å². The molecule has 0 unspecified atom stereocenters. The Morgan fingerprint density at radius 3 is 2.47 bits per heavy atom. The number of methoxy groups -OCH3 is 1. The first kappa shape index (κ1) is 23.1. The highest BCUT2D eigenvalue weighted by atomic mass is 32.1. The molecule has 0 saturated carbocycles. The first-order chi connectivity index (χ1) is 14.5. The molecule has 0 radical (unpaired) electrons. The molecule has 160 valence electrons. The van der Waals surface area contributed by atoms with Gasteiger partial charge in [-0.2, -0.15) is 0 Å². The van der Waals surface area contributed by atoms with Crippen molar-refractivity contribution in [3.05, 3.63) is 59.7 Å². The van der Waals surface area contributed by atoms with E-state index in [2.05, 4.69) is 16.2 Å². The molecule has 2 aromatic carbocycles. The number of hydrazine groups is 1. The van der Waals surface area contributed by atoms with Crippen LogP contribution in [-0.2, 0) is 16.0 Å². The van der Waals surface area contributed by atoms with Crippen molar-refractivity contribution >= 4 is 29.1 Å². The summed E-state index contributed by atoms with van der Waals surface area (Å²) in [6.45, 7) is 3.38. The van der Waals surface area contributed by atoms with E-state index in [-0.39, 0.29) is 17.4 Å². The highest BCUT2D eigenvalue weighted by molar-refractivity contribution is 7.80. The lowest BCUT2D eigenvalue weighted by Crippen LogP contribution is -2.48. The van der Waals surface area contributed by atoms with Crippen LogP contribution < -0.4 is 25.6 Å². The Kier molecular flexibility index (Phi) is 9.56. The Bertz CT molecular complexity index is 858. The van der Waals surface area contributed by atoms with Gasteiger partial charge in [0.1, 0.15) is 18.1 Å². The topological polar surface area (TPSA) is 97.9 Å². The molecular formula is C21H25N3O5S. The summed E-state index contributed by atoms with van der Waals surface area (Å²) in [5.41, 5.74) is 6.15. The average Bonchev–Trinajstić information content (AvgIpc) is 2.76. The molecule has 0 heterocycles. The van der Waals surface area contributed by atoms with Crippen LogP contribution in [0.3, 0.4) is 0 Å². The van der Waals surface area contributed by atoms with Crippen LogP contribution in [0.5, 0.6) is 11.5 Å². The van der Waals surface area contributed by atoms with Crippen molar-refractivity contribution in [1.29, 1.82) is 0 Å². The maximum Gasteiger partial charge on any atom is 0.257 e. The maximum atomic E-state index is 12.3. The smallest absolute Gasteiger partial charge is 0.257 e. The molecule has 2 rings (SSSR count). The van der Waals surface area contributed by atoms with Gasteiger partial charge in [-0.3, -0.25) is 25.8 Å². The van der Waals surface area contributed by atoms with Crippen molar-refractivity contribution in [2.75, 3.05) is 26.9 Å². The van der Waals surface area contributed by atoms with Gasteiger partial charge in [-0.1, -0.05) is 18.2 Å². The van der Waals surface area contributed by atoms with E-state index < -0.39 is 5.91 Å². The van der Waals surface area contributed by atoms with Gasteiger partial charge in [-0.25, -0.2) is 0 Å². The Morgan fingerprint density at radius 2 is 1.77 bits per heavy atom. The predicted octanol–water partition coefficient (Wildman–Crippen LogP) is 1.99. The summed E-state index contributed by atoms with van der Waals surface area (Å²) in [4.78, 5) is 24.4. The lowest BCUT2D eigenvalue weighted by atomic mass is 10.1. The quantitative estimate of drug-likeness (QED) is 0.317. The third kappa shape index (κ3) is 8.06. The Morgan fingerprint density at radius 1 is 1.00 bits per heavy atom. The molecule has 2 amide bonds. The van der Waals surface area contributed by atoms with Gasteiger partial charge in [0.25, 0.3) is 5.91 Å². The molecule has 8 nitrogen and oxygen atoms in total. The van der Waals surface area contributed by atoms with Crippen molar-refractivity contribution < 1.29 is 23.8 Å². The van der Waals surface area contributed by atoms with Crippen molar-refractivity contribution in [2.45, 2.75) is 13.3 Å². The van der Waals surface area contributed by atoms with Gasteiger partial charge in [0.2, 0.25) is 5.91 Å². The van der Waals surface area contributed by atoms with E-state index in [1.807, 2.05) is 6.92 Å². The Balaban J connectivity index is 1.77. The van der Waals surface area contributed by atoms with Gasteiger partial charge in [0.15, 0.2) is 5.11 Å². The minimum absolute atomic E-state index is 0.0225. The number of thiocarbonyl (C=S) groups is 1. The third-order valence-corrected chi connectivity index (χ3v) is 4.07. The largest absolute Gasteiger partial charge is 0.497 e. The van der Waals surface area contributed by atoms with Crippen LogP contribution in [0, 0.1) is 0 Å². The van der Waals surface area contributed by atoms with Crippen LogP contribution in [0.25, 0.3) is 0 Å². The van der Waals surface area contributed by atoms with E-state index in [4.69, 9.17) is 26.4 Å². The summed E-state index contributed by atoms with van der Waals surface area (Å²) >= 11 is 5.06. The summed E-state index contributed by atoms with van der Waals surface area (Å²) in [6, 6.07) is 13.8. The van der Waals surface area contributed by atoms with E-state index in [1.54, 1.807) is 55.6 Å². The monoisotopic (exact) mass is 431 g/mol. The maximum absolute atomic E-state index is 12.3. The predicted molar refractivity (Wildman–Crippen MR) is 116 cm³/mol. The number of benzene rings is 2. The number of carbonyl (C=O) groups excluding carboxylic acids is 2. The molecule has 9 heteroatoms. The second-order valence-corrected chi connectivity index (χ2v) is 6.46. The van der Waals surface area contributed by atoms with Crippen LogP contribution in [0.1, 0.15) is 22.8 Å². The molecule has 0 atom stereocenters. The van der Waals surface area contributed by atoms with Gasteiger partial charge in [0.05, 0.1) is 20.1 Å². The lowest BCUT2D eigenvalue weighted by molar-refractivity contribution is -0.121. The highest BCUT2D eigenvalue weighted by Crippen LogP contribution is 2.13. The zero-order valence-corrected chi connectivity index (χ0v) is 17.7. The fourth-order valence-electron chi connectivity index (χ4n) is 2.40. The van der Waals surface area contributed by atoms with Gasteiger partial charge in [0, 0.05) is 12.2 Å². The Hall–Kier alpha value is -3.17. The zero-order valence-electron chi connectivity index (χ0n) is 16.9. The molecule has 0 aliphatic heterocycles. The van der Waals surface area contributed by atoms with E-state index in [9.17, 15) is 9.59 Å². The fourth-order valence-corrected chi connectivity index (χ4v) is 2.54. The number of amides is 2. The number of ether oxygens (including phenoxy) is 3. The number of carbonyl (C=O) groups is 2. The van der Waals surface area contributed by atoms with Gasteiger partial charge in [-0.15, -0.1) is 0 Å². The van der Waals surface area contributed by atoms with Crippen LogP contribution in [-0.4, -0.2) is 43.9 Å². The number of hydrogen-bond acceptors (Lipinski definition) is 6. The highest BCUT2D eigenvalue weighted by Gasteiger charge is 2.10. The van der Waals surface area contributed by atoms with Crippen LogP contribution in [0.4, 0.5) is 0 Å². The first-order valence-electron chi connectivity index (χ1n) is 9.35. The summed E-state index contributed by atoms with van der Waals surface area (Å²) in [6.07, 6.45) is 0.148. The van der Waals surface area contributed by atoms with Gasteiger partial charge < -0.3 is 14.2 Å². The van der Waals surface area contributed by atoms with Crippen molar-refractivity contribution in [1.82, 2.24) is 16.2 Å². The summed E-state index contributed by atoms with van der Waals surface area (Å²) in [5, 5.41) is 2.48. The number of hydrogen-bond donors (Lipinski definition) is 3. The van der Waals surface area contributed by atoms with Crippen molar-refractivity contribution in [3.8, 4) is 11.5 Å². The van der Waals surface area contributed by atoms with E-state index in [0.717, 1.165) is 5.56 Å². The normalized spacial score (nSPS) is 10.1. The molecular weight excluding hydrogens is 406 g/mol. The first-order valence-corrected chi connectivity index (χ1v) is 9.76. The van der Waals surface area contributed by atoms with Crippen LogP contribution in [0.2, 0.25) is 0 Å². The molecule has 0 fully saturated rings. The molecule has 0 saturated heterocycles. The molecule has 0 aliphatic rings. The van der Waals surface area contributed by atoms with E-state index in [0.29, 0.717) is 36.9 Å². The summed E-state index contributed by atoms with van der Waals surface area (Å²) in [7, 11) is 1.58. The molecule has 30 heavy (non-hydrogen) atoms. The molecule has 3 N–H and O–H groups in total. The Labute approximate surface area is 180 Å². The SMILES string of the molecule is CCOCCOc1cccc(C(=O)NC(=S)NNC(=O)Cc2ccc(OC)cc2)c1.